The highest BCUT2D eigenvalue weighted by molar-refractivity contribution is 7.21. The zero-order valence-corrected chi connectivity index (χ0v) is 16.6. The standard InChI is InChI=1S/C22H22F2N2OS/c1-15-18-13-17(23)7-8-20(18)28-21(15)22(27)26-10-4-9-25(11-12-26)14-16-5-2-3-6-19(16)24/h2-3,5-8,13H,4,9-12,14H2,1H3. The zero-order valence-electron chi connectivity index (χ0n) is 15.8. The number of fused-ring (bicyclic) bond motifs is 1. The summed E-state index contributed by atoms with van der Waals surface area (Å²) >= 11 is 1.43. The third kappa shape index (κ3) is 3.80. The predicted molar refractivity (Wildman–Crippen MR) is 109 cm³/mol. The number of halogens is 2. The maximum Gasteiger partial charge on any atom is 0.264 e. The summed E-state index contributed by atoms with van der Waals surface area (Å²) in [6.07, 6.45) is 0.846. The Balaban J connectivity index is 1.48. The smallest absolute Gasteiger partial charge is 0.264 e. The van der Waals surface area contributed by atoms with Gasteiger partial charge in [-0.3, -0.25) is 9.69 Å². The van der Waals surface area contributed by atoms with Gasteiger partial charge in [0.15, 0.2) is 0 Å². The Labute approximate surface area is 167 Å². The van der Waals surface area contributed by atoms with Gasteiger partial charge < -0.3 is 4.90 Å². The van der Waals surface area contributed by atoms with Gasteiger partial charge in [-0.2, -0.15) is 0 Å². The lowest BCUT2D eigenvalue weighted by molar-refractivity contribution is 0.0765. The number of aryl methyl sites for hydroxylation is 1. The molecule has 0 atom stereocenters. The normalized spacial score (nSPS) is 15.8. The molecule has 146 valence electrons. The van der Waals surface area contributed by atoms with E-state index in [1.165, 1.54) is 29.5 Å². The first-order valence-electron chi connectivity index (χ1n) is 9.46. The Hall–Kier alpha value is -2.31. The van der Waals surface area contributed by atoms with Crippen LogP contribution in [-0.4, -0.2) is 41.9 Å². The fourth-order valence-corrected chi connectivity index (χ4v) is 4.90. The summed E-state index contributed by atoms with van der Waals surface area (Å²) in [6.45, 7) is 5.25. The molecule has 1 fully saturated rings. The molecule has 0 radical (unpaired) electrons. The van der Waals surface area contributed by atoms with E-state index in [0.29, 0.717) is 36.6 Å². The van der Waals surface area contributed by atoms with Crippen molar-refractivity contribution < 1.29 is 13.6 Å². The molecule has 0 N–H and O–H groups in total. The number of hydrogen-bond donors (Lipinski definition) is 0. The number of amides is 1. The van der Waals surface area contributed by atoms with Crippen molar-refractivity contribution in [1.82, 2.24) is 9.80 Å². The van der Waals surface area contributed by atoms with E-state index >= 15 is 0 Å². The number of carbonyl (C=O) groups excluding carboxylic acids is 1. The first-order chi connectivity index (χ1) is 13.5. The molecular formula is C22H22F2N2OS. The van der Waals surface area contributed by atoms with Crippen molar-refractivity contribution in [3.8, 4) is 0 Å². The van der Waals surface area contributed by atoms with Crippen LogP contribution in [-0.2, 0) is 6.54 Å². The van der Waals surface area contributed by atoms with Crippen LogP contribution in [0.1, 0.15) is 27.2 Å². The van der Waals surface area contributed by atoms with Crippen molar-refractivity contribution in [2.75, 3.05) is 26.2 Å². The molecule has 1 saturated heterocycles. The second-order valence-corrected chi connectivity index (χ2v) is 8.26. The number of thiophene rings is 1. The number of nitrogens with zero attached hydrogens (tertiary/aromatic N) is 2. The van der Waals surface area contributed by atoms with Crippen LogP contribution >= 0.6 is 11.3 Å². The van der Waals surface area contributed by atoms with Gasteiger partial charge in [-0.1, -0.05) is 18.2 Å². The van der Waals surface area contributed by atoms with Crippen LogP contribution < -0.4 is 0 Å². The van der Waals surface area contributed by atoms with Crippen LogP contribution in [0.25, 0.3) is 10.1 Å². The van der Waals surface area contributed by atoms with Gasteiger partial charge >= 0.3 is 0 Å². The highest BCUT2D eigenvalue weighted by atomic mass is 32.1. The molecule has 3 aromatic rings. The number of hydrogen-bond acceptors (Lipinski definition) is 3. The molecule has 0 unspecified atom stereocenters. The molecule has 0 spiro atoms. The lowest BCUT2D eigenvalue weighted by Gasteiger charge is -2.22. The van der Waals surface area contributed by atoms with Crippen LogP contribution in [0.15, 0.2) is 42.5 Å². The zero-order chi connectivity index (χ0) is 19.7. The maximum atomic E-state index is 13.9. The molecule has 6 heteroatoms. The second kappa shape index (κ2) is 7.97. The lowest BCUT2D eigenvalue weighted by atomic mass is 10.1. The third-order valence-electron chi connectivity index (χ3n) is 5.32. The van der Waals surface area contributed by atoms with E-state index in [1.807, 2.05) is 24.0 Å². The summed E-state index contributed by atoms with van der Waals surface area (Å²) < 4.78 is 28.4. The summed E-state index contributed by atoms with van der Waals surface area (Å²) in [5.74, 6) is -0.467. The summed E-state index contributed by atoms with van der Waals surface area (Å²) in [5, 5.41) is 0.810. The van der Waals surface area contributed by atoms with Gasteiger partial charge in [0.25, 0.3) is 5.91 Å². The van der Waals surface area contributed by atoms with Crippen LogP contribution in [0.2, 0.25) is 0 Å². The van der Waals surface area contributed by atoms with Crippen molar-refractivity contribution in [1.29, 1.82) is 0 Å². The van der Waals surface area contributed by atoms with Crippen molar-refractivity contribution in [3.63, 3.8) is 0 Å². The molecule has 0 aliphatic carbocycles. The van der Waals surface area contributed by atoms with Crippen LogP contribution in [0.5, 0.6) is 0 Å². The van der Waals surface area contributed by atoms with Gasteiger partial charge in [0.2, 0.25) is 0 Å². The first kappa shape index (κ1) is 19.0. The first-order valence-corrected chi connectivity index (χ1v) is 10.3. The third-order valence-corrected chi connectivity index (χ3v) is 6.58. The van der Waals surface area contributed by atoms with Gasteiger partial charge in [-0.15, -0.1) is 11.3 Å². The van der Waals surface area contributed by atoms with Gasteiger partial charge in [0, 0.05) is 43.0 Å². The molecule has 0 saturated carbocycles. The van der Waals surface area contributed by atoms with Crippen molar-refractivity contribution in [3.05, 3.63) is 70.1 Å². The Morgan fingerprint density at radius 2 is 1.89 bits per heavy atom. The minimum atomic E-state index is -0.286. The van der Waals surface area contributed by atoms with E-state index in [0.717, 1.165) is 28.6 Å². The molecule has 0 bridgehead atoms. The average molecular weight is 400 g/mol. The average Bonchev–Trinajstić information content (AvgIpc) is 2.86. The molecule has 1 amide bonds. The predicted octanol–water partition coefficient (Wildman–Crippen LogP) is 4.84. The lowest BCUT2D eigenvalue weighted by Crippen LogP contribution is -2.35. The quantitative estimate of drug-likeness (QED) is 0.628. The second-order valence-electron chi connectivity index (χ2n) is 7.21. The highest BCUT2D eigenvalue weighted by Crippen LogP contribution is 2.32. The van der Waals surface area contributed by atoms with Gasteiger partial charge in [-0.25, -0.2) is 8.78 Å². The molecule has 2 heterocycles. The number of rotatable bonds is 3. The fourth-order valence-electron chi connectivity index (χ4n) is 3.74. The minimum Gasteiger partial charge on any atom is -0.337 e. The van der Waals surface area contributed by atoms with Gasteiger partial charge in [0.05, 0.1) is 4.88 Å². The SMILES string of the molecule is Cc1c(C(=O)N2CCCN(Cc3ccccc3F)CC2)sc2ccc(F)cc12. The Morgan fingerprint density at radius 3 is 2.71 bits per heavy atom. The summed E-state index contributed by atoms with van der Waals surface area (Å²) in [4.78, 5) is 17.9. The maximum absolute atomic E-state index is 13.9. The van der Waals surface area contributed by atoms with Crippen molar-refractivity contribution in [2.24, 2.45) is 0 Å². The number of benzene rings is 2. The van der Waals surface area contributed by atoms with Gasteiger partial charge in [0.1, 0.15) is 11.6 Å². The largest absolute Gasteiger partial charge is 0.337 e. The molecule has 2 aromatic carbocycles. The Bertz CT molecular complexity index is 1020. The van der Waals surface area contributed by atoms with E-state index in [2.05, 4.69) is 4.90 Å². The number of carbonyl (C=O) groups is 1. The van der Waals surface area contributed by atoms with E-state index in [4.69, 9.17) is 0 Å². The van der Waals surface area contributed by atoms with Crippen LogP contribution in [0.4, 0.5) is 8.78 Å². The molecule has 4 rings (SSSR count). The minimum absolute atomic E-state index is 0.00634. The van der Waals surface area contributed by atoms with Gasteiger partial charge in [-0.05, 0) is 48.6 Å². The summed E-state index contributed by atoms with van der Waals surface area (Å²) in [5.41, 5.74) is 1.53. The van der Waals surface area contributed by atoms with E-state index < -0.39 is 0 Å². The molecule has 28 heavy (non-hydrogen) atoms. The molecule has 3 nitrogen and oxygen atoms in total. The molecular weight excluding hydrogens is 378 g/mol. The monoisotopic (exact) mass is 400 g/mol. The fraction of sp³-hybridized carbons (Fsp3) is 0.318. The molecule has 1 aliphatic heterocycles. The van der Waals surface area contributed by atoms with Crippen LogP contribution in [0.3, 0.4) is 0 Å². The van der Waals surface area contributed by atoms with E-state index in [-0.39, 0.29) is 17.5 Å². The van der Waals surface area contributed by atoms with Crippen molar-refractivity contribution >= 4 is 27.3 Å². The topological polar surface area (TPSA) is 23.6 Å². The Kier molecular flexibility index (Phi) is 5.42. The summed E-state index contributed by atoms with van der Waals surface area (Å²) in [7, 11) is 0. The highest BCUT2D eigenvalue weighted by Gasteiger charge is 2.24. The van der Waals surface area contributed by atoms with E-state index in [1.54, 1.807) is 12.1 Å². The summed E-state index contributed by atoms with van der Waals surface area (Å²) in [6, 6.07) is 11.5. The van der Waals surface area contributed by atoms with Crippen molar-refractivity contribution in [2.45, 2.75) is 19.9 Å². The van der Waals surface area contributed by atoms with E-state index in [9.17, 15) is 13.6 Å². The molecule has 1 aliphatic rings. The van der Waals surface area contributed by atoms with Crippen LogP contribution in [0, 0.1) is 18.6 Å². The molecule has 1 aromatic heterocycles. The Morgan fingerprint density at radius 1 is 1.07 bits per heavy atom.